The first-order chi connectivity index (χ1) is 6.24. The maximum atomic E-state index is 11.7. The minimum absolute atomic E-state index is 0.231. The fourth-order valence-electron chi connectivity index (χ4n) is 1.07. The highest BCUT2D eigenvalue weighted by Crippen LogP contribution is 2.16. The summed E-state index contributed by atoms with van der Waals surface area (Å²) in [4.78, 5) is 0. The van der Waals surface area contributed by atoms with E-state index in [1.165, 1.54) is 0 Å². The first-order valence-corrected chi connectivity index (χ1v) is 5.07. The summed E-state index contributed by atoms with van der Waals surface area (Å²) in [6, 6.07) is 0. The second kappa shape index (κ2) is 5.21. The number of halogens is 2. The molecule has 0 unspecified atom stereocenters. The number of aromatic nitrogens is 2. The zero-order valence-corrected chi connectivity index (χ0v) is 8.93. The summed E-state index contributed by atoms with van der Waals surface area (Å²) in [5.41, 5.74) is 5.53. The molecule has 74 valence electrons. The number of hydrogen-bond donors (Lipinski definition) is 1. The first kappa shape index (κ1) is 10.5. The Hall–Kier alpha value is -0.580. The molecule has 0 aliphatic carbocycles. The summed E-state index contributed by atoms with van der Waals surface area (Å²) >= 11 is 3.27. The molecule has 5 heteroatoms. The summed E-state index contributed by atoms with van der Waals surface area (Å²) in [5, 5.41) is 4.06. The van der Waals surface area contributed by atoms with Gasteiger partial charge in [-0.25, -0.2) is 0 Å². The van der Waals surface area contributed by atoms with E-state index < -0.39 is 0 Å². The zero-order chi connectivity index (χ0) is 9.68. The fourth-order valence-corrected chi connectivity index (χ4v) is 1.39. The van der Waals surface area contributed by atoms with Crippen molar-refractivity contribution in [2.24, 2.45) is 0 Å². The normalized spacial score (nSPS) is 10.6. The average molecular weight is 250 g/mol. The molecule has 0 amide bonds. The van der Waals surface area contributed by atoms with Crippen molar-refractivity contribution in [2.75, 3.05) is 12.4 Å². The van der Waals surface area contributed by atoms with Crippen LogP contribution in [0.15, 0.2) is 10.7 Å². The van der Waals surface area contributed by atoms with Gasteiger partial charge in [-0.1, -0.05) is 0 Å². The van der Waals surface area contributed by atoms with Gasteiger partial charge >= 0.3 is 0 Å². The van der Waals surface area contributed by atoms with Gasteiger partial charge in [0.05, 0.1) is 11.1 Å². The number of aryl methyl sites for hydroxylation is 1. The SMILES string of the molecule is Nc1nn(CCCCCF)cc1Br. The van der Waals surface area contributed by atoms with Gasteiger partial charge in [-0.2, -0.15) is 5.10 Å². The molecule has 1 rings (SSSR count). The van der Waals surface area contributed by atoms with Crippen LogP contribution in [0.4, 0.5) is 10.2 Å². The number of alkyl halides is 1. The van der Waals surface area contributed by atoms with Gasteiger partial charge in [0.25, 0.3) is 0 Å². The molecule has 0 aliphatic heterocycles. The number of anilines is 1. The Labute approximate surface area is 85.2 Å². The molecule has 13 heavy (non-hydrogen) atoms. The molecule has 0 radical (unpaired) electrons. The number of nitrogens with two attached hydrogens (primary N) is 1. The van der Waals surface area contributed by atoms with E-state index in [9.17, 15) is 4.39 Å². The Morgan fingerprint density at radius 2 is 2.23 bits per heavy atom. The molecule has 0 fully saturated rings. The van der Waals surface area contributed by atoms with Crippen LogP contribution in [0.2, 0.25) is 0 Å². The molecular formula is C8H13BrFN3. The number of unbranched alkanes of at least 4 members (excludes halogenated alkanes) is 2. The van der Waals surface area contributed by atoms with Crippen molar-refractivity contribution >= 4 is 21.7 Å². The van der Waals surface area contributed by atoms with Gasteiger partial charge in [-0.05, 0) is 35.2 Å². The third-order valence-corrected chi connectivity index (χ3v) is 2.38. The molecule has 1 aromatic rings. The third-order valence-electron chi connectivity index (χ3n) is 1.76. The van der Waals surface area contributed by atoms with Crippen LogP contribution in [0, 0.1) is 0 Å². The van der Waals surface area contributed by atoms with Crippen molar-refractivity contribution in [1.29, 1.82) is 0 Å². The standard InChI is InChI=1S/C8H13BrFN3/c9-7-6-13(12-8(7)11)5-3-1-2-4-10/h6H,1-5H2,(H2,11,12). The lowest BCUT2D eigenvalue weighted by Gasteiger charge is -1.98. The van der Waals surface area contributed by atoms with E-state index in [1.807, 2.05) is 6.20 Å². The van der Waals surface area contributed by atoms with Crippen molar-refractivity contribution in [3.05, 3.63) is 10.7 Å². The molecule has 0 saturated heterocycles. The van der Waals surface area contributed by atoms with E-state index in [-0.39, 0.29) is 6.67 Å². The van der Waals surface area contributed by atoms with E-state index in [2.05, 4.69) is 21.0 Å². The van der Waals surface area contributed by atoms with E-state index in [1.54, 1.807) is 4.68 Å². The predicted molar refractivity (Wildman–Crippen MR) is 54.2 cm³/mol. The van der Waals surface area contributed by atoms with Crippen LogP contribution in [0.1, 0.15) is 19.3 Å². The van der Waals surface area contributed by atoms with Gasteiger partial charge in [0.15, 0.2) is 5.82 Å². The first-order valence-electron chi connectivity index (χ1n) is 4.28. The Morgan fingerprint density at radius 3 is 2.77 bits per heavy atom. The molecule has 2 N–H and O–H groups in total. The number of nitrogens with zero attached hydrogens (tertiary/aromatic N) is 2. The second-order valence-corrected chi connectivity index (χ2v) is 3.73. The minimum atomic E-state index is -0.231. The van der Waals surface area contributed by atoms with Crippen LogP contribution >= 0.6 is 15.9 Å². The van der Waals surface area contributed by atoms with Crippen LogP contribution in [0.3, 0.4) is 0 Å². The van der Waals surface area contributed by atoms with Crippen LogP contribution in [-0.2, 0) is 6.54 Å². The Bertz CT molecular complexity index is 242. The Kier molecular flexibility index (Phi) is 4.21. The van der Waals surface area contributed by atoms with Crippen molar-refractivity contribution in [3.63, 3.8) is 0 Å². The molecular weight excluding hydrogens is 237 g/mol. The van der Waals surface area contributed by atoms with Crippen molar-refractivity contribution in [3.8, 4) is 0 Å². The topological polar surface area (TPSA) is 43.8 Å². The number of nitrogen functional groups attached to an aromatic ring is 1. The van der Waals surface area contributed by atoms with Gasteiger partial charge < -0.3 is 5.73 Å². The summed E-state index contributed by atoms with van der Waals surface area (Å²) in [6.45, 7) is 0.570. The molecule has 3 nitrogen and oxygen atoms in total. The molecule has 0 bridgehead atoms. The number of hydrogen-bond acceptors (Lipinski definition) is 2. The van der Waals surface area contributed by atoms with E-state index in [4.69, 9.17) is 5.73 Å². The Morgan fingerprint density at radius 1 is 1.46 bits per heavy atom. The zero-order valence-electron chi connectivity index (χ0n) is 7.34. The van der Waals surface area contributed by atoms with Crippen LogP contribution in [-0.4, -0.2) is 16.5 Å². The molecule has 0 aromatic carbocycles. The molecule has 1 heterocycles. The maximum absolute atomic E-state index is 11.7. The summed E-state index contributed by atoms with van der Waals surface area (Å²) in [5.74, 6) is 0.505. The molecule has 1 aromatic heterocycles. The van der Waals surface area contributed by atoms with Gasteiger partial charge in [-0.15, -0.1) is 0 Å². The van der Waals surface area contributed by atoms with E-state index in [0.29, 0.717) is 12.2 Å². The monoisotopic (exact) mass is 249 g/mol. The van der Waals surface area contributed by atoms with Crippen LogP contribution in [0.25, 0.3) is 0 Å². The van der Waals surface area contributed by atoms with E-state index >= 15 is 0 Å². The lowest BCUT2D eigenvalue weighted by atomic mass is 10.2. The summed E-state index contributed by atoms with van der Waals surface area (Å²) in [6.07, 6.45) is 4.31. The van der Waals surface area contributed by atoms with Crippen LogP contribution in [0.5, 0.6) is 0 Å². The third kappa shape index (κ3) is 3.34. The summed E-state index contributed by atoms with van der Waals surface area (Å²) in [7, 11) is 0. The van der Waals surface area contributed by atoms with Crippen molar-refractivity contribution < 1.29 is 4.39 Å². The maximum Gasteiger partial charge on any atom is 0.159 e. The average Bonchev–Trinajstić information content (AvgIpc) is 2.41. The largest absolute Gasteiger partial charge is 0.381 e. The fraction of sp³-hybridized carbons (Fsp3) is 0.625. The summed E-state index contributed by atoms with van der Waals surface area (Å²) < 4.78 is 14.3. The smallest absolute Gasteiger partial charge is 0.159 e. The highest BCUT2D eigenvalue weighted by molar-refractivity contribution is 9.10. The molecule has 0 aliphatic rings. The Balaban J connectivity index is 2.29. The highest BCUT2D eigenvalue weighted by atomic mass is 79.9. The predicted octanol–water partition coefficient (Wildman–Crippen LogP) is 2.37. The second-order valence-electron chi connectivity index (χ2n) is 2.87. The lowest BCUT2D eigenvalue weighted by Crippen LogP contribution is -1.99. The minimum Gasteiger partial charge on any atom is -0.381 e. The van der Waals surface area contributed by atoms with E-state index in [0.717, 1.165) is 23.9 Å². The van der Waals surface area contributed by atoms with Gasteiger partial charge in [0.2, 0.25) is 0 Å². The van der Waals surface area contributed by atoms with Crippen molar-refractivity contribution in [1.82, 2.24) is 9.78 Å². The van der Waals surface area contributed by atoms with Gasteiger partial charge in [-0.3, -0.25) is 9.07 Å². The van der Waals surface area contributed by atoms with Crippen LogP contribution < -0.4 is 5.73 Å². The quantitative estimate of drug-likeness (QED) is 0.815. The molecule has 0 spiro atoms. The molecule has 0 atom stereocenters. The van der Waals surface area contributed by atoms with Crippen molar-refractivity contribution in [2.45, 2.75) is 25.8 Å². The lowest BCUT2D eigenvalue weighted by molar-refractivity contribution is 0.443. The van der Waals surface area contributed by atoms with Gasteiger partial charge in [0.1, 0.15) is 0 Å². The van der Waals surface area contributed by atoms with Gasteiger partial charge in [0, 0.05) is 12.7 Å². The highest BCUT2D eigenvalue weighted by Gasteiger charge is 2.00. The number of rotatable bonds is 5. The molecule has 0 saturated carbocycles.